The average Bonchev–Trinajstić information content (AvgIpc) is 3.11. The second kappa shape index (κ2) is 8.66. The van der Waals surface area contributed by atoms with Crippen LogP contribution in [0.2, 0.25) is 0 Å². The molecule has 2 aromatic rings. The minimum Gasteiger partial charge on any atom is -0.342 e. The van der Waals surface area contributed by atoms with Crippen molar-refractivity contribution in [2.45, 2.75) is 56.5 Å². The number of carbonyl (C=O) groups is 1. The van der Waals surface area contributed by atoms with Crippen LogP contribution in [-0.2, 0) is 11.2 Å². The van der Waals surface area contributed by atoms with Gasteiger partial charge in [0.2, 0.25) is 11.1 Å². The third-order valence-electron chi connectivity index (χ3n) is 4.88. The quantitative estimate of drug-likeness (QED) is 0.728. The summed E-state index contributed by atoms with van der Waals surface area (Å²) in [5.41, 5.74) is 1.39. The molecule has 0 spiro atoms. The number of nitrogens with zero attached hydrogens (tertiary/aromatic N) is 5. The molecule has 0 unspecified atom stereocenters. The van der Waals surface area contributed by atoms with Crippen molar-refractivity contribution in [3.63, 3.8) is 0 Å². The van der Waals surface area contributed by atoms with Crippen LogP contribution < -0.4 is 0 Å². The summed E-state index contributed by atoms with van der Waals surface area (Å²) in [5, 5.41) is 12.3. The van der Waals surface area contributed by atoms with E-state index in [1.165, 1.54) is 17.3 Å². The molecule has 0 aliphatic carbocycles. The Kier molecular flexibility index (Phi) is 6.29. The third-order valence-corrected chi connectivity index (χ3v) is 5.91. The summed E-state index contributed by atoms with van der Waals surface area (Å²) >= 11 is 1.45. The number of rotatable bonds is 6. The molecule has 6 nitrogen and oxygen atoms in total. The SMILES string of the molecule is CC(C)n1nnnc1S[C@H](C)C(=O)N1CCC(Cc2ccccc2)CC1. The predicted molar refractivity (Wildman–Crippen MR) is 103 cm³/mol. The highest BCUT2D eigenvalue weighted by Gasteiger charge is 2.28. The number of aromatic nitrogens is 4. The molecule has 1 aromatic heterocycles. The van der Waals surface area contributed by atoms with Gasteiger partial charge < -0.3 is 4.90 Å². The van der Waals surface area contributed by atoms with Crippen LogP contribution in [0.1, 0.15) is 45.2 Å². The number of hydrogen-bond donors (Lipinski definition) is 0. The summed E-state index contributed by atoms with van der Waals surface area (Å²) in [6.45, 7) is 7.70. The number of hydrogen-bond acceptors (Lipinski definition) is 5. The van der Waals surface area contributed by atoms with Crippen molar-refractivity contribution in [3.8, 4) is 0 Å². The van der Waals surface area contributed by atoms with E-state index < -0.39 is 0 Å². The fourth-order valence-electron chi connectivity index (χ4n) is 3.36. The first kappa shape index (κ1) is 18.9. The fourth-order valence-corrected chi connectivity index (χ4v) is 4.36. The van der Waals surface area contributed by atoms with Crippen molar-refractivity contribution in [1.82, 2.24) is 25.1 Å². The molecule has 1 amide bonds. The lowest BCUT2D eigenvalue weighted by Crippen LogP contribution is -2.42. The molecule has 1 fully saturated rings. The summed E-state index contributed by atoms with van der Waals surface area (Å²) in [6.07, 6.45) is 3.25. The third kappa shape index (κ3) is 4.63. The summed E-state index contributed by atoms with van der Waals surface area (Å²) in [6, 6.07) is 10.8. The van der Waals surface area contributed by atoms with E-state index in [1.54, 1.807) is 4.68 Å². The Morgan fingerprint density at radius 1 is 1.19 bits per heavy atom. The zero-order valence-corrected chi connectivity index (χ0v) is 16.5. The van der Waals surface area contributed by atoms with Gasteiger partial charge in [-0.3, -0.25) is 4.79 Å². The lowest BCUT2D eigenvalue weighted by Gasteiger charge is -2.33. The molecule has 0 radical (unpaired) electrons. The van der Waals surface area contributed by atoms with Crippen LogP contribution in [0.3, 0.4) is 0 Å². The molecule has 1 atom stereocenters. The second-order valence-corrected chi connectivity index (χ2v) is 8.53. The summed E-state index contributed by atoms with van der Waals surface area (Å²) < 4.78 is 1.76. The van der Waals surface area contributed by atoms with E-state index in [4.69, 9.17) is 0 Å². The number of carbonyl (C=O) groups excluding carboxylic acids is 1. The number of tetrazole rings is 1. The first-order chi connectivity index (χ1) is 12.5. The van der Waals surface area contributed by atoms with Gasteiger partial charge in [-0.2, -0.15) is 0 Å². The van der Waals surface area contributed by atoms with Gasteiger partial charge in [-0.15, -0.1) is 5.10 Å². The van der Waals surface area contributed by atoms with Crippen molar-refractivity contribution >= 4 is 17.7 Å². The first-order valence-electron chi connectivity index (χ1n) is 9.32. The zero-order chi connectivity index (χ0) is 18.5. The standard InChI is InChI=1S/C19H27N5OS/c1-14(2)24-19(20-21-22-24)26-15(3)18(25)23-11-9-17(10-12-23)13-16-7-5-4-6-8-16/h4-8,14-15,17H,9-13H2,1-3H3/t15-/m1/s1. The fraction of sp³-hybridized carbons (Fsp3) is 0.579. The topological polar surface area (TPSA) is 63.9 Å². The normalized spacial score (nSPS) is 16.8. The van der Waals surface area contributed by atoms with Gasteiger partial charge in [0.15, 0.2) is 0 Å². The largest absolute Gasteiger partial charge is 0.342 e. The molecule has 0 N–H and O–H groups in total. The van der Waals surface area contributed by atoms with E-state index in [9.17, 15) is 4.79 Å². The molecular weight excluding hydrogens is 346 g/mol. The van der Waals surface area contributed by atoms with Gasteiger partial charge >= 0.3 is 0 Å². The lowest BCUT2D eigenvalue weighted by molar-refractivity contribution is -0.131. The Hall–Kier alpha value is -1.89. The number of likely N-dealkylation sites (tertiary alicyclic amines) is 1. The smallest absolute Gasteiger partial charge is 0.235 e. The molecule has 7 heteroatoms. The van der Waals surface area contributed by atoms with E-state index in [0.717, 1.165) is 32.4 Å². The Morgan fingerprint density at radius 3 is 2.54 bits per heavy atom. The van der Waals surface area contributed by atoms with Crippen molar-refractivity contribution in [3.05, 3.63) is 35.9 Å². The van der Waals surface area contributed by atoms with Crippen LogP contribution in [0.5, 0.6) is 0 Å². The van der Waals surface area contributed by atoms with Crippen LogP contribution in [0.25, 0.3) is 0 Å². The maximum Gasteiger partial charge on any atom is 0.235 e. The minimum absolute atomic E-state index is 0.177. The lowest BCUT2D eigenvalue weighted by atomic mass is 9.90. The Labute approximate surface area is 159 Å². The second-order valence-electron chi connectivity index (χ2n) is 7.22. The van der Waals surface area contributed by atoms with Crippen LogP contribution in [-0.4, -0.2) is 49.4 Å². The maximum atomic E-state index is 12.8. The van der Waals surface area contributed by atoms with E-state index >= 15 is 0 Å². The van der Waals surface area contributed by atoms with Crippen molar-refractivity contribution < 1.29 is 4.79 Å². The molecule has 1 saturated heterocycles. The van der Waals surface area contributed by atoms with E-state index in [2.05, 4.69) is 45.9 Å². The number of piperidine rings is 1. The molecule has 1 aromatic carbocycles. The summed E-state index contributed by atoms with van der Waals surface area (Å²) in [4.78, 5) is 14.8. The Morgan fingerprint density at radius 2 is 1.88 bits per heavy atom. The highest BCUT2D eigenvalue weighted by atomic mass is 32.2. The zero-order valence-electron chi connectivity index (χ0n) is 15.7. The van der Waals surface area contributed by atoms with Gasteiger partial charge in [-0.1, -0.05) is 42.1 Å². The number of amides is 1. The van der Waals surface area contributed by atoms with Crippen molar-refractivity contribution in [2.24, 2.45) is 5.92 Å². The number of benzene rings is 1. The molecular formula is C19H27N5OS. The Bertz CT molecular complexity index is 710. The molecule has 3 rings (SSSR count). The van der Waals surface area contributed by atoms with Gasteiger partial charge in [0.1, 0.15) is 0 Å². The summed E-state index contributed by atoms with van der Waals surface area (Å²) in [7, 11) is 0. The monoisotopic (exact) mass is 373 g/mol. The molecule has 140 valence electrons. The molecule has 2 heterocycles. The van der Waals surface area contributed by atoms with Crippen LogP contribution in [0.15, 0.2) is 35.5 Å². The maximum absolute atomic E-state index is 12.8. The molecule has 1 aliphatic heterocycles. The van der Waals surface area contributed by atoms with Gasteiger partial charge in [0.05, 0.1) is 11.3 Å². The Balaban J connectivity index is 1.50. The van der Waals surface area contributed by atoms with Crippen LogP contribution in [0.4, 0.5) is 0 Å². The van der Waals surface area contributed by atoms with E-state index in [-0.39, 0.29) is 17.2 Å². The molecule has 0 saturated carbocycles. The van der Waals surface area contributed by atoms with Crippen molar-refractivity contribution in [2.75, 3.05) is 13.1 Å². The van der Waals surface area contributed by atoms with E-state index in [1.807, 2.05) is 25.7 Å². The summed E-state index contributed by atoms with van der Waals surface area (Å²) in [5.74, 6) is 0.851. The highest BCUT2D eigenvalue weighted by molar-refractivity contribution is 8.00. The van der Waals surface area contributed by atoms with Gasteiger partial charge in [-0.25, -0.2) is 4.68 Å². The molecule has 0 bridgehead atoms. The minimum atomic E-state index is -0.177. The average molecular weight is 374 g/mol. The van der Waals surface area contributed by atoms with Crippen LogP contribution in [0, 0.1) is 5.92 Å². The molecule has 1 aliphatic rings. The van der Waals surface area contributed by atoms with Gasteiger partial charge in [0.25, 0.3) is 0 Å². The number of thioether (sulfide) groups is 1. The van der Waals surface area contributed by atoms with Gasteiger partial charge in [0, 0.05) is 13.1 Å². The predicted octanol–water partition coefficient (Wildman–Crippen LogP) is 3.22. The first-order valence-corrected chi connectivity index (χ1v) is 10.2. The van der Waals surface area contributed by atoms with Gasteiger partial charge in [-0.05, 0) is 61.9 Å². The highest BCUT2D eigenvalue weighted by Crippen LogP contribution is 2.27. The van der Waals surface area contributed by atoms with Crippen LogP contribution >= 0.6 is 11.8 Å². The molecule has 26 heavy (non-hydrogen) atoms. The van der Waals surface area contributed by atoms with E-state index in [0.29, 0.717) is 11.1 Å². The van der Waals surface area contributed by atoms with Crippen molar-refractivity contribution in [1.29, 1.82) is 0 Å².